The quantitative estimate of drug-likeness (QED) is 0.163. The van der Waals surface area contributed by atoms with E-state index in [0.29, 0.717) is 33.6 Å². The van der Waals surface area contributed by atoms with Crippen LogP contribution >= 0.6 is 0 Å². The summed E-state index contributed by atoms with van der Waals surface area (Å²) in [5.74, 6) is -0.0201. The minimum atomic E-state index is -0.480. The van der Waals surface area contributed by atoms with E-state index in [1.807, 2.05) is 36.4 Å². The van der Waals surface area contributed by atoms with E-state index >= 15 is 0 Å². The molecule has 0 radical (unpaired) electrons. The third-order valence-corrected chi connectivity index (χ3v) is 4.88. The third kappa shape index (κ3) is 7.11. The van der Waals surface area contributed by atoms with Crippen LogP contribution in [-0.4, -0.2) is 22.6 Å². The molecule has 5 heteroatoms. The summed E-state index contributed by atoms with van der Waals surface area (Å²) in [5.41, 5.74) is 2.74. The fraction of sp³-hybridized carbons (Fsp3) is 0.0333. The molecule has 0 spiro atoms. The average molecular weight is 465 g/mol. The lowest BCUT2D eigenvalue weighted by Gasteiger charge is -2.05. The van der Waals surface area contributed by atoms with E-state index in [9.17, 15) is 14.4 Å². The van der Waals surface area contributed by atoms with Gasteiger partial charge in [-0.2, -0.15) is 0 Å². The Balaban J connectivity index is 0.000000203. The van der Waals surface area contributed by atoms with Crippen molar-refractivity contribution in [2.45, 2.75) is 6.92 Å². The Morgan fingerprint density at radius 3 is 1.37 bits per heavy atom. The highest BCUT2D eigenvalue weighted by atomic mass is 16.5. The minimum Gasteiger partial charge on any atom is -0.508 e. The second-order valence-electron chi connectivity index (χ2n) is 7.63. The van der Waals surface area contributed by atoms with Crippen molar-refractivity contribution in [1.29, 1.82) is 0 Å². The molecule has 0 saturated carbocycles. The van der Waals surface area contributed by atoms with E-state index in [4.69, 9.17) is 9.84 Å². The van der Waals surface area contributed by atoms with Gasteiger partial charge in [-0.1, -0.05) is 67.2 Å². The molecule has 35 heavy (non-hydrogen) atoms. The largest absolute Gasteiger partial charge is 0.508 e. The van der Waals surface area contributed by atoms with Crippen molar-refractivity contribution >= 4 is 17.5 Å². The molecule has 0 fully saturated rings. The standard InChI is InChI=1S/C17H14O3.C13H10O2/c1-12(2)17(19)20-15-10-8-14(9-11-15)16(18)13-6-4-3-5-7-13;14-12-8-6-11(7-9-12)13(15)10-4-2-1-3-5-10/h3-11H,1H2,2H3;1-9,14H. The Labute approximate surface area is 204 Å². The second kappa shape index (κ2) is 11.9. The van der Waals surface area contributed by atoms with Crippen LogP contribution in [0.15, 0.2) is 121 Å². The molecule has 0 bridgehead atoms. The lowest BCUT2D eigenvalue weighted by atomic mass is 10.0. The summed E-state index contributed by atoms with van der Waals surface area (Å²) in [6.07, 6.45) is 0. The van der Waals surface area contributed by atoms with Crippen molar-refractivity contribution in [1.82, 2.24) is 0 Å². The Kier molecular flexibility index (Phi) is 8.46. The molecule has 174 valence electrons. The highest BCUT2D eigenvalue weighted by molar-refractivity contribution is 6.09. The van der Waals surface area contributed by atoms with Gasteiger partial charge in [-0.15, -0.1) is 0 Å². The number of phenols is 1. The molecule has 4 rings (SSSR count). The van der Waals surface area contributed by atoms with Crippen LogP contribution in [0.2, 0.25) is 0 Å². The van der Waals surface area contributed by atoms with E-state index in [0.717, 1.165) is 0 Å². The van der Waals surface area contributed by atoms with Crippen LogP contribution in [0.3, 0.4) is 0 Å². The van der Waals surface area contributed by atoms with Crippen molar-refractivity contribution in [3.8, 4) is 11.5 Å². The number of benzene rings is 4. The summed E-state index contributed by atoms with van der Waals surface area (Å²) < 4.78 is 5.07. The second-order valence-corrected chi connectivity index (χ2v) is 7.63. The van der Waals surface area contributed by atoms with Crippen LogP contribution in [0.25, 0.3) is 0 Å². The molecule has 0 aromatic heterocycles. The maximum atomic E-state index is 12.2. The number of rotatable bonds is 6. The maximum Gasteiger partial charge on any atom is 0.338 e. The van der Waals surface area contributed by atoms with E-state index in [1.165, 1.54) is 12.1 Å². The fourth-order valence-corrected chi connectivity index (χ4v) is 2.99. The highest BCUT2D eigenvalue weighted by Crippen LogP contribution is 2.16. The smallest absolute Gasteiger partial charge is 0.338 e. The zero-order chi connectivity index (χ0) is 25.2. The Morgan fingerprint density at radius 2 is 0.971 bits per heavy atom. The molecule has 0 aliphatic carbocycles. The summed E-state index contributed by atoms with van der Waals surface area (Å²) in [4.78, 5) is 35.4. The zero-order valence-electron chi connectivity index (χ0n) is 19.2. The van der Waals surface area contributed by atoms with Crippen LogP contribution in [-0.2, 0) is 4.79 Å². The number of hydrogen-bond donors (Lipinski definition) is 1. The molecule has 0 amide bonds. The predicted molar refractivity (Wildman–Crippen MR) is 135 cm³/mol. The SMILES string of the molecule is C=C(C)C(=O)Oc1ccc(C(=O)c2ccccc2)cc1.O=C(c1ccccc1)c1ccc(O)cc1. The van der Waals surface area contributed by atoms with Gasteiger partial charge in [0.25, 0.3) is 0 Å². The van der Waals surface area contributed by atoms with Crippen LogP contribution in [0, 0.1) is 0 Å². The summed E-state index contributed by atoms with van der Waals surface area (Å²) in [7, 11) is 0. The first-order valence-electron chi connectivity index (χ1n) is 10.8. The zero-order valence-corrected chi connectivity index (χ0v) is 19.2. The van der Waals surface area contributed by atoms with Crippen molar-refractivity contribution in [3.05, 3.63) is 144 Å². The van der Waals surface area contributed by atoms with Gasteiger partial charge in [0, 0.05) is 27.8 Å². The molecule has 4 aromatic rings. The Morgan fingerprint density at radius 1 is 0.600 bits per heavy atom. The lowest BCUT2D eigenvalue weighted by molar-refractivity contribution is -0.130. The number of carbonyl (C=O) groups excluding carboxylic acids is 3. The number of hydrogen-bond acceptors (Lipinski definition) is 5. The van der Waals surface area contributed by atoms with Gasteiger partial charge in [0.1, 0.15) is 11.5 Å². The monoisotopic (exact) mass is 464 g/mol. The van der Waals surface area contributed by atoms with Crippen LogP contribution < -0.4 is 4.74 Å². The number of phenolic OH excluding ortho intramolecular Hbond substituents is 1. The van der Waals surface area contributed by atoms with Crippen LogP contribution in [0.5, 0.6) is 11.5 Å². The van der Waals surface area contributed by atoms with Crippen molar-refractivity contribution in [3.63, 3.8) is 0 Å². The van der Waals surface area contributed by atoms with Crippen molar-refractivity contribution < 1.29 is 24.2 Å². The average Bonchev–Trinajstić information content (AvgIpc) is 2.90. The number of ether oxygens (including phenoxy) is 1. The summed E-state index contributed by atoms with van der Waals surface area (Å²) in [6, 6.07) is 30.8. The maximum absolute atomic E-state index is 12.2. The van der Waals surface area contributed by atoms with Gasteiger partial charge in [-0.3, -0.25) is 9.59 Å². The fourth-order valence-electron chi connectivity index (χ4n) is 2.99. The van der Waals surface area contributed by atoms with Crippen LogP contribution in [0.1, 0.15) is 38.8 Å². The Hall–Kier alpha value is -4.77. The predicted octanol–water partition coefficient (Wildman–Crippen LogP) is 6.02. The number of esters is 1. The topological polar surface area (TPSA) is 80.7 Å². The van der Waals surface area contributed by atoms with Gasteiger partial charge in [-0.05, 0) is 55.5 Å². The van der Waals surface area contributed by atoms with E-state index < -0.39 is 5.97 Å². The molecule has 4 aromatic carbocycles. The first-order valence-corrected chi connectivity index (χ1v) is 10.8. The molecule has 5 nitrogen and oxygen atoms in total. The summed E-state index contributed by atoms with van der Waals surface area (Å²) in [6.45, 7) is 5.09. The molecule has 1 N–H and O–H groups in total. The van der Waals surface area contributed by atoms with Crippen molar-refractivity contribution in [2.75, 3.05) is 0 Å². The van der Waals surface area contributed by atoms with Crippen molar-refractivity contribution in [2.24, 2.45) is 0 Å². The summed E-state index contributed by atoms with van der Waals surface area (Å²) >= 11 is 0. The van der Waals surface area contributed by atoms with Crippen LogP contribution in [0.4, 0.5) is 0 Å². The van der Waals surface area contributed by atoms with E-state index in [2.05, 4.69) is 6.58 Å². The Bertz CT molecular complexity index is 1310. The number of carbonyl (C=O) groups is 3. The summed E-state index contributed by atoms with van der Waals surface area (Å²) in [5, 5.41) is 9.10. The number of ketones is 2. The molecule has 0 atom stereocenters. The third-order valence-electron chi connectivity index (χ3n) is 4.88. The molecule has 0 heterocycles. The lowest BCUT2D eigenvalue weighted by Crippen LogP contribution is -2.08. The molecular formula is C30H24O5. The van der Waals surface area contributed by atoms with E-state index in [1.54, 1.807) is 67.6 Å². The highest BCUT2D eigenvalue weighted by Gasteiger charge is 2.10. The van der Waals surface area contributed by atoms with Gasteiger partial charge >= 0.3 is 5.97 Å². The minimum absolute atomic E-state index is 0.0319. The van der Waals surface area contributed by atoms with Gasteiger partial charge < -0.3 is 9.84 Å². The molecule has 0 saturated heterocycles. The van der Waals surface area contributed by atoms with E-state index in [-0.39, 0.29) is 17.3 Å². The normalized spacial score (nSPS) is 9.86. The van der Waals surface area contributed by atoms with Gasteiger partial charge in [0.15, 0.2) is 11.6 Å². The first-order chi connectivity index (χ1) is 16.8. The van der Waals surface area contributed by atoms with Gasteiger partial charge in [0.2, 0.25) is 0 Å². The molecular weight excluding hydrogens is 440 g/mol. The molecule has 0 aliphatic rings. The number of aromatic hydroxyl groups is 1. The molecule has 0 unspecified atom stereocenters. The van der Waals surface area contributed by atoms with Gasteiger partial charge in [-0.25, -0.2) is 4.79 Å². The van der Waals surface area contributed by atoms with Gasteiger partial charge in [0.05, 0.1) is 0 Å². The molecule has 0 aliphatic heterocycles. The first kappa shape index (κ1) is 24.9.